The van der Waals surface area contributed by atoms with Crippen LogP contribution in [0.3, 0.4) is 0 Å². The molecule has 0 fully saturated rings. The number of carbonyl (C=O) groups is 1. The fourth-order valence-corrected chi connectivity index (χ4v) is 1.21. The van der Waals surface area contributed by atoms with E-state index in [2.05, 4.69) is 14.2 Å². The van der Waals surface area contributed by atoms with Gasteiger partial charge in [0.2, 0.25) is 0 Å². The van der Waals surface area contributed by atoms with Crippen molar-refractivity contribution in [1.29, 1.82) is 0 Å². The smallest absolute Gasteiger partial charge is 0.162 e. The molecule has 0 aliphatic heterocycles. The van der Waals surface area contributed by atoms with Crippen LogP contribution < -0.4 is 0 Å². The summed E-state index contributed by atoms with van der Waals surface area (Å²) in [6, 6.07) is 9.46. The van der Waals surface area contributed by atoms with Gasteiger partial charge in [0.25, 0.3) is 0 Å². The summed E-state index contributed by atoms with van der Waals surface area (Å²) in [5.41, 5.74) is 0.826. The van der Waals surface area contributed by atoms with Crippen molar-refractivity contribution in [3.05, 3.63) is 35.9 Å². The van der Waals surface area contributed by atoms with E-state index in [-0.39, 0.29) is 5.78 Å². The highest BCUT2D eigenvalue weighted by Crippen LogP contribution is 2.05. The van der Waals surface area contributed by atoms with Crippen LogP contribution in [0.5, 0.6) is 0 Å². The van der Waals surface area contributed by atoms with Gasteiger partial charge in [0.15, 0.2) is 5.78 Å². The molecule has 0 heterocycles. The number of hydrogen-bond donors (Lipinski definition) is 0. The molecule has 0 aliphatic carbocycles. The number of benzene rings is 1. The average molecular weight is 173 g/mol. The zero-order valence-corrected chi connectivity index (χ0v) is 7.99. The number of ketones is 1. The van der Waals surface area contributed by atoms with Crippen molar-refractivity contribution >= 4 is 13.1 Å². The Balaban J connectivity index is 2.40. The van der Waals surface area contributed by atoms with Crippen molar-refractivity contribution in [2.45, 2.75) is 26.0 Å². The quantitative estimate of drug-likeness (QED) is 0.380. The lowest BCUT2D eigenvalue weighted by molar-refractivity contribution is 0.0988. The van der Waals surface area contributed by atoms with Crippen molar-refractivity contribution in [3.63, 3.8) is 0 Å². The number of carbonyl (C=O) groups excluding carboxylic acids is 1. The largest absolute Gasteiger partial charge is 0.294 e. The molecule has 1 nitrogen and oxygen atoms in total. The van der Waals surface area contributed by atoms with Crippen LogP contribution in [-0.4, -0.2) is 13.1 Å². The van der Waals surface area contributed by atoms with Gasteiger partial charge in [-0.1, -0.05) is 49.9 Å². The number of Topliss-reactive ketones (excluding diaryl/α,β-unsaturated/α-hetero) is 1. The van der Waals surface area contributed by atoms with Gasteiger partial charge in [-0.05, 0) is 0 Å². The van der Waals surface area contributed by atoms with Gasteiger partial charge in [0.1, 0.15) is 7.28 Å². The van der Waals surface area contributed by atoms with E-state index in [1.807, 2.05) is 30.3 Å². The standard InChI is InChI=1S/C11H14BO/c1-2-12-9-8-11(13)10-6-4-3-5-7-10/h3-7H,2,8-9H2,1H3. The van der Waals surface area contributed by atoms with Crippen LogP contribution in [0.4, 0.5) is 0 Å². The number of hydrogen-bond acceptors (Lipinski definition) is 1. The van der Waals surface area contributed by atoms with Crippen LogP contribution in [0.25, 0.3) is 0 Å². The summed E-state index contributed by atoms with van der Waals surface area (Å²) < 4.78 is 0. The first-order chi connectivity index (χ1) is 6.34. The first-order valence-corrected chi connectivity index (χ1v) is 4.74. The predicted octanol–water partition coefficient (Wildman–Crippen LogP) is 2.82. The fraction of sp³-hybridized carbons (Fsp3) is 0.364. The normalized spacial score (nSPS) is 9.62. The van der Waals surface area contributed by atoms with Crippen LogP contribution in [0, 0.1) is 0 Å². The van der Waals surface area contributed by atoms with Gasteiger partial charge in [-0.2, -0.15) is 0 Å². The third-order valence-electron chi connectivity index (χ3n) is 1.96. The van der Waals surface area contributed by atoms with Gasteiger partial charge in [-0.15, -0.1) is 0 Å². The molecule has 0 amide bonds. The minimum atomic E-state index is 0.241. The molecule has 67 valence electrons. The molecule has 0 saturated carbocycles. The second-order valence-electron chi connectivity index (χ2n) is 3.02. The third kappa shape index (κ3) is 3.45. The van der Waals surface area contributed by atoms with Gasteiger partial charge < -0.3 is 0 Å². The highest BCUT2D eigenvalue weighted by Gasteiger charge is 2.03. The maximum absolute atomic E-state index is 11.5. The molecule has 0 saturated heterocycles. The zero-order chi connectivity index (χ0) is 9.52. The van der Waals surface area contributed by atoms with Crippen LogP contribution in [-0.2, 0) is 0 Å². The van der Waals surface area contributed by atoms with Gasteiger partial charge >= 0.3 is 0 Å². The summed E-state index contributed by atoms with van der Waals surface area (Å²) in [6.07, 6.45) is 2.57. The van der Waals surface area contributed by atoms with E-state index in [1.165, 1.54) is 0 Å². The molecule has 13 heavy (non-hydrogen) atoms. The number of rotatable bonds is 5. The molecular formula is C11H14BO. The van der Waals surface area contributed by atoms with E-state index in [1.54, 1.807) is 0 Å². The summed E-state index contributed by atoms with van der Waals surface area (Å²) in [5, 5.41) is 0. The molecule has 1 aromatic rings. The molecule has 1 rings (SSSR count). The molecule has 0 spiro atoms. The zero-order valence-electron chi connectivity index (χ0n) is 7.99. The van der Waals surface area contributed by atoms with E-state index in [0.29, 0.717) is 6.42 Å². The average Bonchev–Trinajstić information content (AvgIpc) is 2.19. The Hall–Kier alpha value is -1.05. The van der Waals surface area contributed by atoms with Gasteiger partial charge in [-0.3, -0.25) is 4.79 Å². The third-order valence-corrected chi connectivity index (χ3v) is 1.96. The van der Waals surface area contributed by atoms with Crippen LogP contribution in [0.1, 0.15) is 23.7 Å². The van der Waals surface area contributed by atoms with Crippen LogP contribution in [0.2, 0.25) is 12.6 Å². The molecule has 1 radical (unpaired) electrons. The van der Waals surface area contributed by atoms with Crippen molar-refractivity contribution in [3.8, 4) is 0 Å². The second kappa shape index (κ2) is 5.57. The minimum Gasteiger partial charge on any atom is -0.294 e. The van der Waals surface area contributed by atoms with E-state index < -0.39 is 0 Å². The Labute approximate surface area is 80.4 Å². The van der Waals surface area contributed by atoms with Crippen LogP contribution >= 0.6 is 0 Å². The van der Waals surface area contributed by atoms with Crippen molar-refractivity contribution in [1.82, 2.24) is 0 Å². The molecule has 0 aromatic heterocycles. The van der Waals surface area contributed by atoms with Gasteiger partial charge in [0, 0.05) is 12.0 Å². The SMILES string of the molecule is CC[B]CCC(=O)c1ccccc1. The summed E-state index contributed by atoms with van der Waals surface area (Å²) in [4.78, 5) is 11.5. The Morgan fingerprint density at radius 2 is 2.00 bits per heavy atom. The molecular weight excluding hydrogens is 159 g/mol. The second-order valence-corrected chi connectivity index (χ2v) is 3.02. The van der Waals surface area contributed by atoms with Crippen molar-refractivity contribution in [2.24, 2.45) is 0 Å². The molecule has 0 unspecified atom stereocenters. The summed E-state index contributed by atoms with van der Waals surface area (Å²) in [5.74, 6) is 0.241. The van der Waals surface area contributed by atoms with E-state index in [9.17, 15) is 4.79 Å². The van der Waals surface area contributed by atoms with Crippen molar-refractivity contribution in [2.75, 3.05) is 0 Å². The molecule has 0 bridgehead atoms. The lowest BCUT2D eigenvalue weighted by Crippen LogP contribution is -2.00. The van der Waals surface area contributed by atoms with Crippen LogP contribution in [0.15, 0.2) is 30.3 Å². The van der Waals surface area contributed by atoms with Crippen molar-refractivity contribution < 1.29 is 4.79 Å². The van der Waals surface area contributed by atoms with Gasteiger partial charge in [0.05, 0.1) is 0 Å². The summed E-state index contributed by atoms with van der Waals surface area (Å²) in [7, 11) is 2.14. The van der Waals surface area contributed by atoms with E-state index in [0.717, 1.165) is 18.2 Å². The lowest BCUT2D eigenvalue weighted by atomic mass is 9.70. The lowest BCUT2D eigenvalue weighted by Gasteiger charge is -1.98. The summed E-state index contributed by atoms with van der Waals surface area (Å²) in [6.45, 7) is 2.09. The first kappa shape index (κ1) is 10.0. The highest BCUT2D eigenvalue weighted by atomic mass is 16.1. The summed E-state index contributed by atoms with van der Waals surface area (Å²) >= 11 is 0. The highest BCUT2D eigenvalue weighted by molar-refractivity contribution is 6.35. The molecule has 1 aromatic carbocycles. The van der Waals surface area contributed by atoms with Gasteiger partial charge in [-0.25, -0.2) is 0 Å². The maximum Gasteiger partial charge on any atom is 0.162 e. The molecule has 0 N–H and O–H groups in total. The van der Waals surface area contributed by atoms with E-state index in [4.69, 9.17) is 0 Å². The molecule has 2 heteroatoms. The maximum atomic E-state index is 11.5. The van der Waals surface area contributed by atoms with E-state index >= 15 is 0 Å². The Kier molecular flexibility index (Phi) is 4.30. The fourth-order valence-electron chi connectivity index (χ4n) is 1.21. The molecule has 0 aliphatic rings. The first-order valence-electron chi connectivity index (χ1n) is 4.74. The Bertz CT molecular complexity index is 256. The Morgan fingerprint density at radius 1 is 1.31 bits per heavy atom. The molecule has 0 atom stereocenters. The topological polar surface area (TPSA) is 17.1 Å². The predicted molar refractivity (Wildman–Crippen MR) is 56.4 cm³/mol. The Morgan fingerprint density at radius 3 is 2.62 bits per heavy atom. The monoisotopic (exact) mass is 173 g/mol. The minimum absolute atomic E-state index is 0.241.